The Balaban J connectivity index is 1.82. The predicted octanol–water partition coefficient (Wildman–Crippen LogP) is 0.607. The van der Waals surface area contributed by atoms with Crippen molar-refractivity contribution in [3.8, 4) is 10.6 Å². The second-order valence-electron chi connectivity index (χ2n) is 4.65. The van der Waals surface area contributed by atoms with E-state index < -0.39 is 6.29 Å². The van der Waals surface area contributed by atoms with Crippen LogP contribution in [0.1, 0.15) is 12.0 Å². The Labute approximate surface area is 125 Å². The zero-order chi connectivity index (χ0) is 14.8. The number of thiazole rings is 1. The summed E-state index contributed by atoms with van der Waals surface area (Å²) in [5, 5.41) is 19.3. The van der Waals surface area contributed by atoms with Crippen LogP contribution in [0.15, 0.2) is 18.3 Å². The number of nitrogens with zero attached hydrogens (tertiary/aromatic N) is 3. The molecule has 0 atom stereocenters. The van der Waals surface area contributed by atoms with Gasteiger partial charge in [0.05, 0.1) is 13.2 Å². The van der Waals surface area contributed by atoms with Crippen LogP contribution in [0.4, 0.5) is 10.8 Å². The molecule has 0 aliphatic carbocycles. The Morgan fingerprint density at radius 3 is 2.62 bits per heavy atom. The summed E-state index contributed by atoms with van der Waals surface area (Å²) in [5.41, 5.74) is 6.61. The Morgan fingerprint density at radius 1 is 1.29 bits per heavy atom. The molecule has 3 heterocycles. The molecule has 8 heteroatoms. The van der Waals surface area contributed by atoms with Gasteiger partial charge in [0, 0.05) is 24.8 Å². The zero-order valence-corrected chi connectivity index (χ0v) is 12.1. The van der Waals surface area contributed by atoms with Crippen molar-refractivity contribution in [3.63, 3.8) is 0 Å². The summed E-state index contributed by atoms with van der Waals surface area (Å²) in [5.74, 6) is 0.897. The lowest BCUT2D eigenvalue weighted by atomic mass is 10.3. The van der Waals surface area contributed by atoms with E-state index in [-0.39, 0.29) is 5.69 Å². The smallest absolute Gasteiger partial charge is 0.199 e. The van der Waals surface area contributed by atoms with Crippen LogP contribution in [0.3, 0.4) is 0 Å². The molecular formula is C13H16N4O3S. The number of nitrogens with two attached hydrogens (primary N) is 1. The molecule has 0 bridgehead atoms. The first-order chi connectivity index (χ1) is 10.1. The summed E-state index contributed by atoms with van der Waals surface area (Å²) in [7, 11) is 0. The lowest BCUT2D eigenvalue weighted by molar-refractivity contribution is -0.0447. The van der Waals surface area contributed by atoms with Gasteiger partial charge < -0.3 is 25.6 Å². The molecule has 0 aromatic carbocycles. The molecule has 2 aromatic rings. The van der Waals surface area contributed by atoms with Gasteiger partial charge in [0.2, 0.25) is 0 Å². The number of pyridine rings is 1. The van der Waals surface area contributed by atoms with Crippen LogP contribution in [-0.4, -0.2) is 46.5 Å². The molecule has 0 radical (unpaired) electrons. The number of anilines is 2. The molecule has 112 valence electrons. The van der Waals surface area contributed by atoms with Crippen LogP contribution in [-0.2, 0) is 4.74 Å². The minimum atomic E-state index is -1.66. The average Bonchev–Trinajstić information content (AvgIpc) is 2.90. The molecule has 1 aliphatic heterocycles. The summed E-state index contributed by atoms with van der Waals surface area (Å²) < 4.78 is 5.31. The van der Waals surface area contributed by atoms with Crippen molar-refractivity contribution < 1.29 is 14.9 Å². The highest BCUT2D eigenvalue weighted by molar-refractivity contribution is 7.18. The number of morpholine rings is 1. The molecule has 4 N–H and O–H groups in total. The van der Waals surface area contributed by atoms with Crippen molar-refractivity contribution in [2.75, 3.05) is 36.9 Å². The lowest BCUT2D eigenvalue weighted by Crippen LogP contribution is -2.36. The van der Waals surface area contributed by atoms with E-state index in [4.69, 9.17) is 20.7 Å². The first-order valence-electron chi connectivity index (χ1n) is 6.56. The van der Waals surface area contributed by atoms with E-state index in [1.807, 2.05) is 12.1 Å². The van der Waals surface area contributed by atoms with Crippen molar-refractivity contribution in [1.29, 1.82) is 0 Å². The van der Waals surface area contributed by atoms with Gasteiger partial charge in [-0.2, -0.15) is 0 Å². The van der Waals surface area contributed by atoms with Crippen LogP contribution in [0, 0.1) is 0 Å². The van der Waals surface area contributed by atoms with Gasteiger partial charge in [0.25, 0.3) is 0 Å². The molecular weight excluding hydrogens is 292 g/mol. The fraction of sp³-hybridized carbons (Fsp3) is 0.385. The average molecular weight is 308 g/mol. The van der Waals surface area contributed by atoms with Gasteiger partial charge in [-0.25, -0.2) is 9.97 Å². The lowest BCUT2D eigenvalue weighted by Gasteiger charge is -2.27. The molecule has 0 spiro atoms. The summed E-state index contributed by atoms with van der Waals surface area (Å²) in [6.45, 7) is 3.09. The summed E-state index contributed by atoms with van der Waals surface area (Å²) in [6, 6.07) is 3.83. The number of hydrogen-bond acceptors (Lipinski definition) is 8. The highest BCUT2D eigenvalue weighted by atomic mass is 32.1. The largest absolute Gasteiger partial charge is 0.389 e. The normalized spacial score (nSPS) is 15.7. The van der Waals surface area contributed by atoms with E-state index in [9.17, 15) is 0 Å². The van der Waals surface area contributed by atoms with Gasteiger partial charge in [-0.05, 0) is 12.1 Å². The van der Waals surface area contributed by atoms with Gasteiger partial charge >= 0.3 is 0 Å². The Bertz CT molecular complexity index is 608. The van der Waals surface area contributed by atoms with E-state index in [1.165, 1.54) is 11.3 Å². The third kappa shape index (κ3) is 2.98. The van der Waals surface area contributed by atoms with Crippen LogP contribution >= 0.6 is 11.3 Å². The highest BCUT2D eigenvalue weighted by Crippen LogP contribution is 2.32. The molecule has 7 nitrogen and oxygen atoms in total. The van der Waals surface area contributed by atoms with Crippen LogP contribution < -0.4 is 10.6 Å². The van der Waals surface area contributed by atoms with Crippen molar-refractivity contribution in [1.82, 2.24) is 9.97 Å². The SMILES string of the molecule is Nc1sc(-c2ccc(N3CCOCC3)nc2)nc1C(O)O. The third-order valence-corrected chi connectivity index (χ3v) is 4.20. The van der Waals surface area contributed by atoms with Gasteiger partial charge in [0.15, 0.2) is 6.29 Å². The first kappa shape index (κ1) is 14.2. The summed E-state index contributed by atoms with van der Waals surface area (Å²) >= 11 is 1.21. The van der Waals surface area contributed by atoms with E-state index >= 15 is 0 Å². The first-order valence-corrected chi connectivity index (χ1v) is 7.38. The number of ether oxygens (including phenoxy) is 1. The number of rotatable bonds is 3. The van der Waals surface area contributed by atoms with Gasteiger partial charge in [-0.3, -0.25) is 0 Å². The minimum absolute atomic E-state index is 0.0901. The monoisotopic (exact) mass is 308 g/mol. The Kier molecular flexibility index (Phi) is 4.02. The number of nitrogen functional groups attached to an aromatic ring is 1. The second-order valence-corrected chi connectivity index (χ2v) is 5.68. The number of aromatic nitrogens is 2. The number of aliphatic hydroxyl groups excluding tert-OH is 1. The molecule has 1 saturated heterocycles. The Hall–Kier alpha value is -1.74. The second kappa shape index (κ2) is 5.94. The van der Waals surface area contributed by atoms with Gasteiger partial charge in [0.1, 0.15) is 21.5 Å². The van der Waals surface area contributed by atoms with Crippen molar-refractivity contribution in [2.45, 2.75) is 6.29 Å². The molecule has 0 unspecified atom stereocenters. The molecule has 0 saturated carbocycles. The van der Waals surface area contributed by atoms with E-state index in [1.54, 1.807) is 6.20 Å². The van der Waals surface area contributed by atoms with E-state index in [0.29, 0.717) is 23.2 Å². The fourth-order valence-electron chi connectivity index (χ4n) is 2.14. The van der Waals surface area contributed by atoms with Crippen molar-refractivity contribution in [2.24, 2.45) is 0 Å². The number of hydrogen-bond donors (Lipinski definition) is 3. The van der Waals surface area contributed by atoms with E-state index in [0.717, 1.165) is 24.5 Å². The maximum atomic E-state index is 9.16. The van der Waals surface area contributed by atoms with Gasteiger partial charge in [-0.1, -0.05) is 11.3 Å². The quantitative estimate of drug-likeness (QED) is 0.713. The summed E-state index contributed by atoms with van der Waals surface area (Å²) in [6.07, 6.45) is 0.0620. The third-order valence-electron chi connectivity index (χ3n) is 3.26. The molecule has 3 rings (SSSR count). The molecule has 1 aliphatic rings. The molecule has 2 aromatic heterocycles. The standard InChI is InChI=1S/C13H16N4O3S/c14-11-10(13(18)19)16-12(21-11)8-1-2-9(15-7-8)17-3-5-20-6-4-17/h1-2,7,13,18-19H,3-6,14H2. The topological polar surface area (TPSA) is 105 Å². The fourth-order valence-corrected chi connectivity index (χ4v) is 2.99. The van der Waals surface area contributed by atoms with Crippen LogP contribution in [0.2, 0.25) is 0 Å². The van der Waals surface area contributed by atoms with E-state index in [2.05, 4.69) is 14.9 Å². The Morgan fingerprint density at radius 2 is 2.05 bits per heavy atom. The summed E-state index contributed by atoms with van der Waals surface area (Å²) in [4.78, 5) is 10.7. The maximum Gasteiger partial charge on any atom is 0.199 e. The minimum Gasteiger partial charge on any atom is -0.389 e. The number of aliphatic hydroxyl groups is 2. The maximum absolute atomic E-state index is 9.16. The molecule has 1 fully saturated rings. The molecule has 0 amide bonds. The van der Waals surface area contributed by atoms with Crippen molar-refractivity contribution >= 4 is 22.2 Å². The zero-order valence-electron chi connectivity index (χ0n) is 11.3. The van der Waals surface area contributed by atoms with Crippen LogP contribution in [0.5, 0.6) is 0 Å². The van der Waals surface area contributed by atoms with Gasteiger partial charge in [-0.15, -0.1) is 0 Å². The predicted molar refractivity (Wildman–Crippen MR) is 80.0 cm³/mol. The highest BCUT2D eigenvalue weighted by Gasteiger charge is 2.16. The van der Waals surface area contributed by atoms with Crippen molar-refractivity contribution in [3.05, 3.63) is 24.0 Å². The molecule has 21 heavy (non-hydrogen) atoms. The van der Waals surface area contributed by atoms with Crippen LogP contribution in [0.25, 0.3) is 10.6 Å².